The molecule has 0 aromatic carbocycles. The Morgan fingerprint density at radius 2 is 2.17 bits per heavy atom. The molecule has 2 aromatic heterocycles. The first-order valence-electron chi connectivity index (χ1n) is 6.24. The van der Waals surface area contributed by atoms with Gasteiger partial charge in [0.15, 0.2) is 0 Å². The molecule has 2 aromatic rings. The van der Waals surface area contributed by atoms with Crippen LogP contribution >= 0.6 is 11.3 Å². The summed E-state index contributed by atoms with van der Waals surface area (Å²) in [5.41, 5.74) is 5.11. The fourth-order valence-corrected chi connectivity index (χ4v) is 3.11. The van der Waals surface area contributed by atoms with Crippen molar-refractivity contribution in [1.82, 2.24) is 9.97 Å². The van der Waals surface area contributed by atoms with Crippen LogP contribution in [0.15, 0.2) is 17.5 Å². The third-order valence-corrected chi connectivity index (χ3v) is 4.15. The summed E-state index contributed by atoms with van der Waals surface area (Å²) < 4.78 is 0. The van der Waals surface area contributed by atoms with Gasteiger partial charge in [-0.25, -0.2) is 15.8 Å². The number of aromatic nitrogens is 2. The minimum absolute atomic E-state index is 0.791. The number of nitrogens with one attached hydrogen (secondary N) is 1. The van der Waals surface area contributed by atoms with E-state index in [9.17, 15) is 0 Å². The lowest BCUT2D eigenvalue weighted by molar-refractivity contribution is 0.657. The Kier molecular flexibility index (Phi) is 3.25. The first-order valence-corrected chi connectivity index (χ1v) is 7.12. The van der Waals surface area contributed by atoms with Gasteiger partial charge in [0.05, 0.1) is 0 Å². The number of nitrogen functional groups attached to an aromatic ring is 1. The first-order chi connectivity index (χ1) is 8.86. The standard InChI is InChI=1S/C13H16N4S/c14-17-13-10-5-1-2-6-11(10)15-12(16-13)8-9-4-3-7-18-9/h3-4,7H,1-2,5-6,8,14H2,(H,15,16,17). The van der Waals surface area contributed by atoms with E-state index < -0.39 is 0 Å². The number of hydrazine groups is 1. The summed E-state index contributed by atoms with van der Waals surface area (Å²) in [5.74, 6) is 7.26. The highest BCUT2D eigenvalue weighted by atomic mass is 32.1. The number of nitrogens with zero attached hydrogens (tertiary/aromatic N) is 2. The normalized spacial score (nSPS) is 14.3. The Balaban J connectivity index is 1.95. The number of rotatable bonds is 3. The molecule has 94 valence electrons. The molecule has 0 saturated heterocycles. The van der Waals surface area contributed by atoms with Gasteiger partial charge in [-0.15, -0.1) is 11.3 Å². The second-order valence-corrected chi connectivity index (χ2v) is 5.55. The summed E-state index contributed by atoms with van der Waals surface area (Å²) >= 11 is 1.74. The summed E-state index contributed by atoms with van der Waals surface area (Å²) in [5, 5.41) is 2.08. The van der Waals surface area contributed by atoms with Gasteiger partial charge in [0, 0.05) is 22.6 Å². The van der Waals surface area contributed by atoms with Crippen LogP contribution in [0, 0.1) is 0 Å². The molecule has 0 spiro atoms. The van der Waals surface area contributed by atoms with Gasteiger partial charge >= 0.3 is 0 Å². The van der Waals surface area contributed by atoms with Crippen molar-refractivity contribution in [2.45, 2.75) is 32.1 Å². The molecule has 3 N–H and O–H groups in total. The molecule has 0 radical (unpaired) electrons. The Morgan fingerprint density at radius 3 is 2.94 bits per heavy atom. The molecule has 5 heteroatoms. The second-order valence-electron chi connectivity index (χ2n) is 4.52. The topological polar surface area (TPSA) is 63.8 Å². The third-order valence-electron chi connectivity index (χ3n) is 3.28. The van der Waals surface area contributed by atoms with E-state index in [2.05, 4.69) is 27.9 Å². The van der Waals surface area contributed by atoms with E-state index in [4.69, 9.17) is 10.8 Å². The number of hydrogen-bond donors (Lipinski definition) is 2. The fraction of sp³-hybridized carbons (Fsp3) is 0.385. The highest BCUT2D eigenvalue weighted by molar-refractivity contribution is 7.09. The van der Waals surface area contributed by atoms with E-state index in [1.165, 1.54) is 29.0 Å². The van der Waals surface area contributed by atoms with Crippen LogP contribution < -0.4 is 11.3 Å². The lowest BCUT2D eigenvalue weighted by Crippen LogP contribution is -2.18. The highest BCUT2D eigenvalue weighted by Crippen LogP contribution is 2.25. The van der Waals surface area contributed by atoms with E-state index in [0.29, 0.717) is 0 Å². The molecule has 0 amide bonds. The van der Waals surface area contributed by atoms with Crippen LogP contribution in [0.3, 0.4) is 0 Å². The molecule has 1 aliphatic rings. The van der Waals surface area contributed by atoms with E-state index in [1.54, 1.807) is 11.3 Å². The zero-order valence-corrected chi connectivity index (χ0v) is 11.0. The molecule has 0 fully saturated rings. The van der Waals surface area contributed by atoms with Crippen molar-refractivity contribution in [1.29, 1.82) is 0 Å². The number of hydrogen-bond acceptors (Lipinski definition) is 5. The van der Waals surface area contributed by atoms with Gasteiger partial charge in [0.25, 0.3) is 0 Å². The van der Waals surface area contributed by atoms with E-state index >= 15 is 0 Å². The van der Waals surface area contributed by atoms with Gasteiger partial charge in [0.2, 0.25) is 0 Å². The van der Waals surface area contributed by atoms with Crippen LogP contribution in [0.1, 0.15) is 34.8 Å². The lowest BCUT2D eigenvalue weighted by atomic mass is 9.96. The molecule has 2 heterocycles. The summed E-state index contributed by atoms with van der Waals surface area (Å²) in [4.78, 5) is 10.5. The molecule has 0 saturated carbocycles. The molecule has 4 nitrogen and oxygen atoms in total. The molecular formula is C13H16N4S. The molecule has 0 unspecified atom stereocenters. The van der Waals surface area contributed by atoms with Crippen molar-refractivity contribution >= 4 is 17.2 Å². The molecule has 1 aliphatic carbocycles. The number of fused-ring (bicyclic) bond motifs is 1. The zero-order chi connectivity index (χ0) is 12.4. The lowest BCUT2D eigenvalue weighted by Gasteiger charge is -2.18. The van der Waals surface area contributed by atoms with Crippen LogP contribution in [-0.4, -0.2) is 9.97 Å². The van der Waals surface area contributed by atoms with Gasteiger partial charge < -0.3 is 5.43 Å². The predicted molar refractivity (Wildman–Crippen MR) is 73.6 cm³/mol. The van der Waals surface area contributed by atoms with Crippen molar-refractivity contribution in [3.63, 3.8) is 0 Å². The minimum atomic E-state index is 0.791. The zero-order valence-electron chi connectivity index (χ0n) is 10.1. The molecule has 3 rings (SSSR count). The number of nitrogens with two attached hydrogens (primary N) is 1. The maximum atomic E-state index is 5.58. The second kappa shape index (κ2) is 5.04. The van der Waals surface area contributed by atoms with E-state index in [0.717, 1.165) is 30.9 Å². The largest absolute Gasteiger partial charge is 0.308 e. The van der Waals surface area contributed by atoms with Crippen LogP contribution in [-0.2, 0) is 19.3 Å². The summed E-state index contributed by atoms with van der Waals surface area (Å²) in [6.45, 7) is 0. The number of anilines is 1. The maximum Gasteiger partial charge on any atom is 0.147 e. The van der Waals surface area contributed by atoms with Crippen LogP contribution in [0.2, 0.25) is 0 Å². The summed E-state index contributed by atoms with van der Waals surface area (Å²) in [6, 6.07) is 4.17. The van der Waals surface area contributed by atoms with Crippen molar-refractivity contribution in [3.8, 4) is 0 Å². The Hall–Kier alpha value is -1.46. The van der Waals surface area contributed by atoms with Crippen molar-refractivity contribution in [2.75, 3.05) is 5.43 Å². The van der Waals surface area contributed by atoms with E-state index in [1.807, 2.05) is 0 Å². The molecule has 0 atom stereocenters. The van der Waals surface area contributed by atoms with Crippen LogP contribution in [0.4, 0.5) is 5.82 Å². The van der Waals surface area contributed by atoms with Gasteiger partial charge in [-0.05, 0) is 37.1 Å². The maximum absolute atomic E-state index is 5.58. The van der Waals surface area contributed by atoms with Gasteiger partial charge in [-0.2, -0.15) is 0 Å². The quantitative estimate of drug-likeness (QED) is 0.656. The van der Waals surface area contributed by atoms with Crippen LogP contribution in [0.25, 0.3) is 0 Å². The molecule has 18 heavy (non-hydrogen) atoms. The highest BCUT2D eigenvalue weighted by Gasteiger charge is 2.17. The fourth-order valence-electron chi connectivity index (χ4n) is 2.41. The van der Waals surface area contributed by atoms with Crippen molar-refractivity contribution in [2.24, 2.45) is 5.84 Å². The Bertz CT molecular complexity index is 519. The van der Waals surface area contributed by atoms with Gasteiger partial charge in [-0.3, -0.25) is 0 Å². The Labute approximate surface area is 110 Å². The molecule has 0 aliphatic heterocycles. The van der Waals surface area contributed by atoms with E-state index in [-0.39, 0.29) is 0 Å². The average molecular weight is 260 g/mol. The third kappa shape index (κ3) is 2.23. The molecular weight excluding hydrogens is 244 g/mol. The first kappa shape index (κ1) is 11.6. The monoisotopic (exact) mass is 260 g/mol. The van der Waals surface area contributed by atoms with Crippen molar-refractivity contribution < 1.29 is 0 Å². The summed E-state index contributed by atoms with van der Waals surface area (Å²) in [6.07, 6.45) is 5.29. The Morgan fingerprint density at radius 1 is 1.28 bits per heavy atom. The van der Waals surface area contributed by atoms with Crippen LogP contribution in [0.5, 0.6) is 0 Å². The average Bonchev–Trinajstić information content (AvgIpc) is 2.90. The number of aryl methyl sites for hydroxylation is 1. The summed E-state index contributed by atoms with van der Waals surface area (Å²) in [7, 11) is 0. The molecule has 0 bridgehead atoms. The smallest absolute Gasteiger partial charge is 0.147 e. The number of thiophene rings is 1. The van der Waals surface area contributed by atoms with Gasteiger partial charge in [-0.1, -0.05) is 6.07 Å². The van der Waals surface area contributed by atoms with Crippen molar-refractivity contribution in [3.05, 3.63) is 39.5 Å². The predicted octanol–water partition coefficient (Wildman–Crippen LogP) is 2.29. The SMILES string of the molecule is NNc1nc(Cc2cccs2)nc2c1CCCC2. The van der Waals surface area contributed by atoms with Gasteiger partial charge in [0.1, 0.15) is 11.6 Å². The minimum Gasteiger partial charge on any atom is -0.308 e.